The molecule has 84 valence electrons. The van der Waals surface area contributed by atoms with Crippen molar-refractivity contribution in [3.63, 3.8) is 0 Å². The predicted octanol–water partition coefficient (Wildman–Crippen LogP) is 2.18. The largest absolute Gasteiger partial charge is 0.396 e. The molecule has 3 nitrogen and oxygen atoms in total. The molecule has 1 rings (SSSR count). The number of hydrogen-bond donors (Lipinski definition) is 2. The average Bonchev–Trinajstić information content (AvgIpc) is 2.22. The second-order valence-corrected chi connectivity index (χ2v) is 3.85. The number of nitrogens with one attached hydrogen (secondary N) is 1. The van der Waals surface area contributed by atoms with Crippen LogP contribution in [0.3, 0.4) is 0 Å². The van der Waals surface area contributed by atoms with Gasteiger partial charge in [0.25, 0.3) is 0 Å². The van der Waals surface area contributed by atoms with Gasteiger partial charge in [-0.3, -0.25) is 0 Å². The van der Waals surface area contributed by atoms with E-state index in [4.69, 9.17) is 5.11 Å². The second kappa shape index (κ2) is 5.07. The molecule has 0 aromatic carbocycles. The van der Waals surface area contributed by atoms with Crippen molar-refractivity contribution in [1.29, 1.82) is 0 Å². The van der Waals surface area contributed by atoms with Gasteiger partial charge in [-0.1, -0.05) is 6.92 Å². The van der Waals surface area contributed by atoms with E-state index in [0.29, 0.717) is 6.42 Å². The molecule has 0 spiro atoms. The fourth-order valence-electron chi connectivity index (χ4n) is 1.34. The molecular formula is C11H17FN2O. The molecule has 0 radical (unpaired) electrons. The minimum absolute atomic E-state index is 0.0752. The summed E-state index contributed by atoms with van der Waals surface area (Å²) in [6.07, 6.45) is 2.91. The number of aromatic nitrogens is 1. The number of aliphatic hydroxyl groups excluding tert-OH is 1. The van der Waals surface area contributed by atoms with E-state index in [1.54, 1.807) is 12.3 Å². The van der Waals surface area contributed by atoms with Gasteiger partial charge in [-0.15, -0.1) is 0 Å². The Balaban J connectivity index is 2.79. The highest BCUT2D eigenvalue weighted by Crippen LogP contribution is 2.21. The minimum atomic E-state index is -0.366. The summed E-state index contributed by atoms with van der Waals surface area (Å²) in [5.74, 6) is -0.120. The molecule has 0 bridgehead atoms. The van der Waals surface area contributed by atoms with Gasteiger partial charge in [0.15, 0.2) is 11.6 Å². The van der Waals surface area contributed by atoms with Gasteiger partial charge in [-0.25, -0.2) is 9.37 Å². The molecule has 0 saturated carbocycles. The standard InChI is InChI=1S/C11H17FN2O/c1-3-11(2,6-8-15)14-10-9(12)5-4-7-13-10/h4-5,7,15H,3,6,8H2,1-2H3,(H,13,14). The lowest BCUT2D eigenvalue weighted by molar-refractivity contribution is 0.251. The van der Waals surface area contributed by atoms with E-state index < -0.39 is 0 Å². The van der Waals surface area contributed by atoms with Gasteiger partial charge in [0.1, 0.15) is 0 Å². The zero-order valence-electron chi connectivity index (χ0n) is 9.13. The molecule has 1 aromatic rings. The number of pyridine rings is 1. The summed E-state index contributed by atoms with van der Waals surface area (Å²) in [5.41, 5.74) is -0.316. The van der Waals surface area contributed by atoms with Crippen molar-refractivity contribution in [2.75, 3.05) is 11.9 Å². The summed E-state index contributed by atoms with van der Waals surface area (Å²) in [6, 6.07) is 2.92. The van der Waals surface area contributed by atoms with E-state index >= 15 is 0 Å². The van der Waals surface area contributed by atoms with E-state index in [2.05, 4.69) is 10.3 Å². The van der Waals surface area contributed by atoms with Gasteiger partial charge in [-0.05, 0) is 31.9 Å². The molecule has 0 fully saturated rings. The molecule has 1 atom stereocenters. The van der Waals surface area contributed by atoms with Crippen LogP contribution in [0.2, 0.25) is 0 Å². The molecule has 0 saturated heterocycles. The van der Waals surface area contributed by atoms with Gasteiger partial charge >= 0.3 is 0 Å². The Kier molecular flexibility index (Phi) is 4.03. The molecule has 0 aliphatic heterocycles. The summed E-state index contributed by atoms with van der Waals surface area (Å²) in [4.78, 5) is 3.93. The third kappa shape index (κ3) is 3.16. The second-order valence-electron chi connectivity index (χ2n) is 3.85. The monoisotopic (exact) mass is 212 g/mol. The molecule has 1 unspecified atom stereocenters. The van der Waals surface area contributed by atoms with Gasteiger partial charge in [-0.2, -0.15) is 0 Å². The molecule has 0 aliphatic carbocycles. The van der Waals surface area contributed by atoms with Crippen molar-refractivity contribution in [1.82, 2.24) is 4.98 Å². The van der Waals surface area contributed by atoms with Crippen molar-refractivity contribution < 1.29 is 9.50 Å². The maximum absolute atomic E-state index is 13.3. The first-order valence-corrected chi connectivity index (χ1v) is 5.11. The Hall–Kier alpha value is -1.16. The number of aliphatic hydroxyl groups is 1. The van der Waals surface area contributed by atoms with Crippen LogP contribution in [-0.2, 0) is 0 Å². The summed E-state index contributed by atoms with van der Waals surface area (Å²) in [7, 11) is 0. The first-order chi connectivity index (χ1) is 7.11. The van der Waals surface area contributed by atoms with Crippen molar-refractivity contribution in [2.24, 2.45) is 0 Å². The van der Waals surface area contributed by atoms with Crippen molar-refractivity contribution >= 4 is 5.82 Å². The highest BCUT2D eigenvalue weighted by atomic mass is 19.1. The molecule has 15 heavy (non-hydrogen) atoms. The average molecular weight is 212 g/mol. The Bertz CT molecular complexity index is 319. The Morgan fingerprint density at radius 1 is 1.60 bits per heavy atom. The van der Waals surface area contributed by atoms with Crippen LogP contribution in [-0.4, -0.2) is 22.2 Å². The summed E-state index contributed by atoms with van der Waals surface area (Å²) in [5, 5.41) is 12.0. The zero-order valence-corrected chi connectivity index (χ0v) is 9.13. The van der Waals surface area contributed by atoms with E-state index in [1.807, 2.05) is 13.8 Å². The summed E-state index contributed by atoms with van der Waals surface area (Å²) in [6.45, 7) is 4.01. The molecular weight excluding hydrogens is 195 g/mol. The van der Waals surface area contributed by atoms with Crippen LogP contribution in [0.1, 0.15) is 26.7 Å². The van der Waals surface area contributed by atoms with Crippen LogP contribution in [0.4, 0.5) is 10.2 Å². The normalized spacial score (nSPS) is 14.7. The maximum atomic E-state index is 13.3. The molecule has 1 heterocycles. The van der Waals surface area contributed by atoms with Crippen molar-refractivity contribution in [3.8, 4) is 0 Å². The number of nitrogens with zero attached hydrogens (tertiary/aromatic N) is 1. The van der Waals surface area contributed by atoms with E-state index in [9.17, 15) is 4.39 Å². The van der Waals surface area contributed by atoms with E-state index in [1.165, 1.54) is 6.07 Å². The van der Waals surface area contributed by atoms with Gasteiger partial charge in [0.2, 0.25) is 0 Å². The molecule has 4 heteroatoms. The Labute approximate surface area is 89.4 Å². The Morgan fingerprint density at radius 3 is 2.87 bits per heavy atom. The van der Waals surface area contributed by atoms with Crippen LogP contribution in [0, 0.1) is 5.82 Å². The lowest BCUT2D eigenvalue weighted by atomic mass is 9.95. The fraction of sp³-hybridized carbons (Fsp3) is 0.545. The van der Waals surface area contributed by atoms with Crippen LogP contribution in [0.15, 0.2) is 18.3 Å². The molecule has 2 N–H and O–H groups in total. The van der Waals surface area contributed by atoms with Gasteiger partial charge in [0, 0.05) is 18.3 Å². The topological polar surface area (TPSA) is 45.1 Å². The van der Waals surface area contributed by atoms with Crippen molar-refractivity contribution in [3.05, 3.63) is 24.1 Å². The summed E-state index contributed by atoms with van der Waals surface area (Å²) >= 11 is 0. The van der Waals surface area contributed by atoms with E-state index in [0.717, 1.165) is 6.42 Å². The van der Waals surface area contributed by atoms with Crippen molar-refractivity contribution in [2.45, 2.75) is 32.2 Å². The van der Waals surface area contributed by atoms with Crippen LogP contribution < -0.4 is 5.32 Å². The van der Waals surface area contributed by atoms with Crippen LogP contribution in [0.25, 0.3) is 0 Å². The third-order valence-electron chi connectivity index (χ3n) is 2.62. The van der Waals surface area contributed by atoms with Gasteiger partial charge < -0.3 is 10.4 Å². The molecule has 0 amide bonds. The van der Waals surface area contributed by atoms with Crippen LogP contribution in [0.5, 0.6) is 0 Å². The predicted molar refractivity (Wildman–Crippen MR) is 58.2 cm³/mol. The van der Waals surface area contributed by atoms with Gasteiger partial charge in [0.05, 0.1) is 0 Å². The fourth-order valence-corrected chi connectivity index (χ4v) is 1.34. The van der Waals surface area contributed by atoms with Crippen LogP contribution >= 0.6 is 0 Å². The number of rotatable bonds is 5. The maximum Gasteiger partial charge on any atom is 0.165 e. The number of halogens is 1. The minimum Gasteiger partial charge on any atom is -0.396 e. The quantitative estimate of drug-likeness (QED) is 0.786. The lowest BCUT2D eigenvalue weighted by Crippen LogP contribution is -2.35. The number of hydrogen-bond acceptors (Lipinski definition) is 3. The highest BCUT2D eigenvalue weighted by molar-refractivity contribution is 5.38. The smallest absolute Gasteiger partial charge is 0.165 e. The van der Waals surface area contributed by atoms with E-state index in [-0.39, 0.29) is 23.8 Å². The zero-order chi connectivity index (χ0) is 11.3. The molecule has 0 aliphatic rings. The molecule has 1 aromatic heterocycles. The SMILES string of the molecule is CCC(C)(CCO)Nc1ncccc1F. The summed E-state index contributed by atoms with van der Waals surface area (Å²) < 4.78 is 13.3. The third-order valence-corrected chi connectivity index (χ3v) is 2.62. The Morgan fingerprint density at radius 2 is 2.33 bits per heavy atom. The number of anilines is 1. The lowest BCUT2D eigenvalue weighted by Gasteiger charge is -2.29. The first-order valence-electron chi connectivity index (χ1n) is 5.11. The highest BCUT2D eigenvalue weighted by Gasteiger charge is 2.22. The first kappa shape index (κ1) is 11.9.